The van der Waals surface area contributed by atoms with E-state index in [1.54, 1.807) is 0 Å². The van der Waals surface area contributed by atoms with E-state index >= 15 is 0 Å². The number of thiophene rings is 3. The summed E-state index contributed by atoms with van der Waals surface area (Å²) in [7, 11) is 0. The zero-order chi connectivity index (χ0) is 48.9. The zero-order valence-electron chi connectivity index (χ0n) is 39.9. The van der Waals surface area contributed by atoms with E-state index in [1.807, 2.05) is 34.0 Å². The molecule has 0 saturated carbocycles. The van der Waals surface area contributed by atoms with Crippen molar-refractivity contribution in [3.8, 4) is 0 Å². The molecular formula is C68H38N2O2S3. The van der Waals surface area contributed by atoms with Gasteiger partial charge in [0.1, 0.15) is 22.3 Å². The smallest absolute Gasteiger partial charge is 0.137 e. The van der Waals surface area contributed by atoms with E-state index in [2.05, 4.69) is 240 Å². The lowest BCUT2D eigenvalue weighted by Crippen LogP contribution is -2.10. The third-order valence-electron chi connectivity index (χ3n) is 15.4. The highest BCUT2D eigenvalue weighted by Gasteiger charge is 2.24. The van der Waals surface area contributed by atoms with Gasteiger partial charge in [0.2, 0.25) is 0 Å². The molecule has 0 aliphatic heterocycles. The van der Waals surface area contributed by atoms with Crippen LogP contribution in [0.15, 0.2) is 239 Å². The van der Waals surface area contributed by atoms with E-state index in [4.69, 9.17) is 8.83 Å². The molecule has 0 saturated heterocycles. The fraction of sp³-hybridized carbons (Fsp3) is 0. The van der Waals surface area contributed by atoms with Crippen LogP contribution in [-0.2, 0) is 0 Å². The molecule has 0 aliphatic carbocycles. The average Bonchev–Trinajstić information content (AvgIpc) is 4.29. The number of fused-ring (bicyclic) bond motifs is 19. The fourth-order valence-electron chi connectivity index (χ4n) is 12.0. The standard InChI is InChI=1S/C68H38N2O2S3/c1-3-15-41(16-4-1)69(55-21-11-23-61-65(55)49-29-25-39-13-7-9-19-45(39)67(49)74-61)43-27-31-47-51-37-63-53(35-59(51)71-57(47)33-43)54-36-60-52(38-64(54)73-63)48-32-28-44(34-58(48)72-60)70(42-17-5-2-6-18-42)56-22-12-24-62-66(56)50-30-26-40-14-8-10-20-46(40)68(50)75-62/h1-38H. The molecule has 7 heteroatoms. The van der Waals surface area contributed by atoms with Crippen LogP contribution in [-0.4, -0.2) is 0 Å². The Labute approximate surface area is 440 Å². The number of para-hydroxylation sites is 2. The second-order valence-corrected chi connectivity index (χ2v) is 22.7. The first kappa shape index (κ1) is 41.5. The summed E-state index contributed by atoms with van der Waals surface area (Å²) in [6, 6.07) is 83.8. The molecule has 0 unspecified atom stereocenters. The van der Waals surface area contributed by atoms with Gasteiger partial charge >= 0.3 is 0 Å². The van der Waals surface area contributed by atoms with Gasteiger partial charge in [0.25, 0.3) is 0 Å². The van der Waals surface area contributed by atoms with Crippen LogP contribution in [0.25, 0.3) is 126 Å². The highest BCUT2D eigenvalue weighted by atomic mass is 32.1. The number of furan rings is 2. The molecule has 0 amide bonds. The second kappa shape index (κ2) is 15.8. The number of benzene rings is 12. The van der Waals surface area contributed by atoms with Gasteiger partial charge in [0.05, 0.1) is 11.4 Å². The molecule has 17 aromatic rings. The molecule has 0 radical (unpaired) electrons. The molecule has 5 aromatic heterocycles. The minimum absolute atomic E-state index is 0.857. The van der Waals surface area contributed by atoms with Gasteiger partial charge in [-0.15, -0.1) is 34.0 Å². The number of hydrogen-bond acceptors (Lipinski definition) is 7. The molecule has 17 rings (SSSR count). The van der Waals surface area contributed by atoms with Crippen molar-refractivity contribution in [2.45, 2.75) is 0 Å². The zero-order valence-corrected chi connectivity index (χ0v) is 42.3. The van der Waals surface area contributed by atoms with Gasteiger partial charge in [-0.05, 0) is 119 Å². The number of rotatable bonds is 6. The molecule has 0 fully saturated rings. The molecule has 4 nitrogen and oxygen atoms in total. The lowest BCUT2D eigenvalue weighted by atomic mass is 10.0. The van der Waals surface area contributed by atoms with Crippen LogP contribution in [0.5, 0.6) is 0 Å². The van der Waals surface area contributed by atoms with Crippen molar-refractivity contribution in [2.24, 2.45) is 0 Å². The molecule has 350 valence electrons. The lowest BCUT2D eigenvalue weighted by Gasteiger charge is -2.26. The number of anilines is 6. The number of hydrogen-bond donors (Lipinski definition) is 0. The lowest BCUT2D eigenvalue weighted by molar-refractivity contribution is 0.669. The maximum absolute atomic E-state index is 6.89. The van der Waals surface area contributed by atoms with E-state index < -0.39 is 0 Å². The molecular weight excluding hydrogens is 973 g/mol. The van der Waals surface area contributed by atoms with E-state index in [0.29, 0.717) is 0 Å². The van der Waals surface area contributed by atoms with Crippen LogP contribution in [0.4, 0.5) is 34.1 Å². The van der Waals surface area contributed by atoms with E-state index in [1.165, 1.54) is 82.1 Å². The van der Waals surface area contributed by atoms with Crippen LogP contribution < -0.4 is 9.80 Å². The summed E-state index contributed by atoms with van der Waals surface area (Å²) in [6.45, 7) is 0. The number of nitrogens with zero attached hydrogens (tertiary/aromatic N) is 2. The molecule has 0 aliphatic rings. The third kappa shape index (κ3) is 6.14. The van der Waals surface area contributed by atoms with Crippen LogP contribution in [0.3, 0.4) is 0 Å². The molecule has 75 heavy (non-hydrogen) atoms. The van der Waals surface area contributed by atoms with Gasteiger partial charge in [0, 0.05) is 117 Å². The van der Waals surface area contributed by atoms with Crippen molar-refractivity contribution in [1.29, 1.82) is 0 Å². The predicted octanol–water partition coefficient (Wildman–Crippen LogP) is 21.8. The van der Waals surface area contributed by atoms with Gasteiger partial charge in [-0.3, -0.25) is 0 Å². The van der Waals surface area contributed by atoms with Gasteiger partial charge in [-0.2, -0.15) is 0 Å². The molecule has 0 N–H and O–H groups in total. The summed E-state index contributed by atoms with van der Waals surface area (Å²) in [4.78, 5) is 4.77. The van der Waals surface area contributed by atoms with E-state index in [9.17, 15) is 0 Å². The van der Waals surface area contributed by atoms with Crippen molar-refractivity contribution >= 4 is 194 Å². The monoisotopic (exact) mass is 1010 g/mol. The Morgan fingerprint density at radius 2 is 0.680 bits per heavy atom. The first-order valence-electron chi connectivity index (χ1n) is 25.2. The van der Waals surface area contributed by atoms with Crippen molar-refractivity contribution in [1.82, 2.24) is 0 Å². The van der Waals surface area contributed by atoms with Crippen molar-refractivity contribution in [3.63, 3.8) is 0 Å². The molecule has 12 aromatic carbocycles. The largest absolute Gasteiger partial charge is 0.456 e. The Balaban J connectivity index is 0.782. The van der Waals surface area contributed by atoms with Crippen molar-refractivity contribution < 1.29 is 8.83 Å². The van der Waals surface area contributed by atoms with Crippen molar-refractivity contribution in [2.75, 3.05) is 9.80 Å². The SMILES string of the molecule is c1ccc(N(c2ccc3c(c2)oc2cc4c(cc23)sc2cc3c(cc24)oc2cc(N(c4ccccc4)c4cccc5sc6c7ccccc7ccc6c45)ccc23)c2cccc3sc4c5ccccc5ccc4c23)cc1. The normalized spacial score (nSPS) is 12.3. The predicted molar refractivity (Wildman–Crippen MR) is 324 cm³/mol. The molecule has 0 bridgehead atoms. The fourth-order valence-corrected chi connectivity index (χ4v) is 15.7. The van der Waals surface area contributed by atoms with Gasteiger partial charge in [0.15, 0.2) is 0 Å². The van der Waals surface area contributed by atoms with Gasteiger partial charge in [-0.25, -0.2) is 0 Å². The summed E-state index contributed by atoms with van der Waals surface area (Å²) >= 11 is 5.57. The Morgan fingerprint density at radius 3 is 1.16 bits per heavy atom. The van der Waals surface area contributed by atoms with Gasteiger partial charge in [-0.1, -0.05) is 121 Å². The Morgan fingerprint density at radius 1 is 0.253 bits per heavy atom. The van der Waals surface area contributed by atoms with Crippen LogP contribution in [0, 0.1) is 0 Å². The Bertz CT molecular complexity index is 4890. The molecule has 5 heterocycles. The average molecular weight is 1010 g/mol. The topological polar surface area (TPSA) is 32.8 Å². The maximum atomic E-state index is 6.89. The van der Waals surface area contributed by atoms with E-state index in [-0.39, 0.29) is 0 Å². The minimum atomic E-state index is 0.857. The first-order chi connectivity index (χ1) is 37.1. The first-order valence-corrected chi connectivity index (χ1v) is 27.7. The van der Waals surface area contributed by atoms with Crippen LogP contribution in [0.2, 0.25) is 0 Å². The van der Waals surface area contributed by atoms with Crippen molar-refractivity contribution in [3.05, 3.63) is 231 Å². The molecule has 0 spiro atoms. The molecule has 0 atom stereocenters. The van der Waals surface area contributed by atoms with E-state index in [0.717, 1.165) is 78.0 Å². The quantitative estimate of drug-likeness (QED) is 0.166. The maximum Gasteiger partial charge on any atom is 0.137 e. The Kier molecular flexibility index (Phi) is 8.72. The summed E-state index contributed by atoms with van der Waals surface area (Å²) in [5.41, 5.74) is 10.0. The summed E-state index contributed by atoms with van der Waals surface area (Å²) in [5.74, 6) is 0. The highest BCUT2D eigenvalue weighted by molar-refractivity contribution is 7.27. The second-order valence-electron chi connectivity index (χ2n) is 19.5. The summed E-state index contributed by atoms with van der Waals surface area (Å²) in [5, 5.41) is 16.9. The third-order valence-corrected chi connectivity index (χ3v) is 18.9. The highest BCUT2D eigenvalue weighted by Crippen LogP contribution is 2.50. The summed E-state index contributed by atoms with van der Waals surface area (Å²) in [6.07, 6.45) is 0. The van der Waals surface area contributed by atoms with Crippen LogP contribution >= 0.6 is 34.0 Å². The van der Waals surface area contributed by atoms with Gasteiger partial charge < -0.3 is 18.6 Å². The summed E-state index contributed by atoms with van der Waals surface area (Å²) < 4.78 is 21.4. The Hall–Kier alpha value is -8.98. The van der Waals surface area contributed by atoms with Crippen LogP contribution in [0.1, 0.15) is 0 Å². The minimum Gasteiger partial charge on any atom is -0.456 e.